The largest absolute Gasteiger partial charge is 0.459 e. The molecule has 0 fully saturated rings. The Labute approximate surface area is 199 Å². The molecule has 9 heteroatoms. The Kier molecular flexibility index (Phi) is 6.55. The first kappa shape index (κ1) is 22.9. The summed E-state index contributed by atoms with van der Waals surface area (Å²) < 4.78 is 11.1. The van der Waals surface area contributed by atoms with Crippen molar-refractivity contribution >= 4 is 33.9 Å². The molecular weight excluding hydrogens is 456 g/mol. The van der Waals surface area contributed by atoms with Gasteiger partial charge in [0.1, 0.15) is 16.3 Å². The Morgan fingerprint density at radius 1 is 1.00 bits per heavy atom. The predicted octanol–water partition coefficient (Wildman–Crippen LogP) is 6.40. The van der Waals surface area contributed by atoms with Crippen molar-refractivity contribution in [1.29, 1.82) is 0 Å². The van der Waals surface area contributed by atoms with Crippen molar-refractivity contribution in [2.45, 2.75) is 20.0 Å². The van der Waals surface area contributed by atoms with Crippen LogP contribution in [0.4, 0.5) is 10.7 Å². The smallest absolute Gasteiger partial charge is 0.342 e. The highest BCUT2D eigenvalue weighted by Gasteiger charge is 2.25. The van der Waals surface area contributed by atoms with Crippen LogP contribution in [0.15, 0.2) is 76.5 Å². The highest BCUT2D eigenvalue weighted by molar-refractivity contribution is 7.15. The lowest BCUT2D eigenvalue weighted by molar-refractivity contribution is -0.384. The van der Waals surface area contributed by atoms with Gasteiger partial charge in [-0.25, -0.2) is 4.79 Å². The van der Waals surface area contributed by atoms with Gasteiger partial charge in [-0.15, -0.1) is 11.3 Å². The molecule has 2 heterocycles. The maximum Gasteiger partial charge on any atom is 0.342 e. The van der Waals surface area contributed by atoms with E-state index in [0.29, 0.717) is 21.9 Å². The predicted molar refractivity (Wildman–Crippen MR) is 129 cm³/mol. The third-order valence-electron chi connectivity index (χ3n) is 4.84. The summed E-state index contributed by atoms with van der Waals surface area (Å²) in [5.74, 6) is -0.647. The van der Waals surface area contributed by atoms with Crippen LogP contribution in [0.3, 0.4) is 0 Å². The number of rotatable bonds is 7. The molecule has 0 atom stereocenters. The Balaban J connectivity index is 1.60. The molecule has 2 aromatic carbocycles. The van der Waals surface area contributed by atoms with Gasteiger partial charge in [-0.1, -0.05) is 30.3 Å². The average molecular weight is 477 g/mol. The average Bonchev–Trinajstić information content (AvgIpc) is 3.47. The van der Waals surface area contributed by atoms with E-state index in [4.69, 9.17) is 9.15 Å². The maximum atomic E-state index is 12.9. The van der Waals surface area contributed by atoms with E-state index in [0.717, 1.165) is 5.56 Å². The molecule has 0 aliphatic rings. The van der Waals surface area contributed by atoms with Gasteiger partial charge < -0.3 is 14.5 Å². The van der Waals surface area contributed by atoms with Crippen molar-refractivity contribution in [3.63, 3.8) is 0 Å². The number of ether oxygens (including phenoxy) is 1. The fourth-order valence-corrected chi connectivity index (χ4v) is 4.24. The number of non-ortho nitro benzene ring substituents is 1. The Morgan fingerprint density at radius 2 is 1.71 bits per heavy atom. The number of nitrogens with zero attached hydrogens (tertiary/aromatic N) is 1. The van der Waals surface area contributed by atoms with Crippen LogP contribution in [-0.4, -0.2) is 22.9 Å². The van der Waals surface area contributed by atoms with Crippen LogP contribution in [0, 0.1) is 10.1 Å². The van der Waals surface area contributed by atoms with E-state index in [1.165, 1.54) is 29.5 Å². The molecule has 0 saturated heterocycles. The topological polar surface area (TPSA) is 112 Å². The summed E-state index contributed by atoms with van der Waals surface area (Å²) in [6.45, 7) is 3.51. The van der Waals surface area contributed by atoms with Gasteiger partial charge in [-0.05, 0) is 43.7 Å². The van der Waals surface area contributed by atoms with Crippen LogP contribution in [0.25, 0.3) is 22.5 Å². The number of nitrogens with one attached hydrogen (secondary N) is 1. The molecule has 0 radical (unpaired) electrons. The van der Waals surface area contributed by atoms with E-state index in [1.54, 1.807) is 37.4 Å². The molecule has 8 nitrogen and oxygen atoms in total. The molecule has 1 N–H and O–H groups in total. The van der Waals surface area contributed by atoms with Gasteiger partial charge in [0, 0.05) is 28.6 Å². The fraction of sp³-hybridized carbons (Fsp3) is 0.120. The number of carbonyl (C=O) groups is 2. The number of esters is 1. The number of benzene rings is 2. The zero-order valence-corrected chi connectivity index (χ0v) is 19.1. The standard InChI is InChI=1S/C25H20N2O6S/c1-15(2)32-25(29)22-19(16-6-4-3-5-7-16)14-34-24(22)26-23(28)21-13-12-20(33-21)17-8-10-18(11-9-17)27(30)31/h3-15H,1-2H3,(H,26,28). The lowest BCUT2D eigenvalue weighted by Gasteiger charge is -2.11. The molecule has 0 aliphatic heterocycles. The number of furan rings is 1. The summed E-state index contributed by atoms with van der Waals surface area (Å²) >= 11 is 1.22. The minimum absolute atomic E-state index is 0.0335. The van der Waals surface area contributed by atoms with Crippen LogP contribution in [0.2, 0.25) is 0 Å². The van der Waals surface area contributed by atoms with Crippen molar-refractivity contribution in [3.05, 3.63) is 93.5 Å². The fourth-order valence-electron chi connectivity index (χ4n) is 3.28. The molecule has 1 amide bonds. The monoisotopic (exact) mass is 476 g/mol. The van der Waals surface area contributed by atoms with Crippen LogP contribution >= 0.6 is 11.3 Å². The maximum absolute atomic E-state index is 12.9. The van der Waals surface area contributed by atoms with Gasteiger partial charge in [0.05, 0.1) is 11.0 Å². The second kappa shape index (κ2) is 9.72. The molecule has 34 heavy (non-hydrogen) atoms. The number of carbonyl (C=O) groups excluding carboxylic acids is 2. The first-order valence-electron chi connectivity index (χ1n) is 10.4. The first-order valence-corrected chi connectivity index (χ1v) is 11.3. The number of amides is 1. The summed E-state index contributed by atoms with van der Waals surface area (Å²) in [5.41, 5.74) is 2.32. The molecule has 0 unspecified atom stereocenters. The second-order valence-corrected chi connectivity index (χ2v) is 8.48. The molecule has 172 valence electrons. The van der Waals surface area contributed by atoms with Crippen LogP contribution < -0.4 is 5.32 Å². The number of thiophene rings is 1. The molecule has 4 aromatic rings. The third kappa shape index (κ3) is 4.89. The van der Waals surface area contributed by atoms with Crippen LogP contribution in [-0.2, 0) is 4.74 Å². The van der Waals surface area contributed by atoms with Gasteiger partial charge in [0.15, 0.2) is 5.76 Å². The molecule has 0 aliphatic carbocycles. The van der Waals surface area contributed by atoms with Crippen molar-refractivity contribution in [2.75, 3.05) is 5.32 Å². The van der Waals surface area contributed by atoms with Crippen LogP contribution in [0.1, 0.15) is 34.8 Å². The zero-order valence-electron chi connectivity index (χ0n) is 18.3. The number of nitro groups is 1. The highest BCUT2D eigenvalue weighted by atomic mass is 32.1. The van der Waals surface area contributed by atoms with Gasteiger partial charge >= 0.3 is 5.97 Å². The summed E-state index contributed by atoms with van der Waals surface area (Å²) in [7, 11) is 0. The van der Waals surface area contributed by atoms with E-state index < -0.39 is 16.8 Å². The summed E-state index contributed by atoms with van der Waals surface area (Å²) in [5, 5.41) is 15.7. The van der Waals surface area contributed by atoms with Gasteiger partial charge in [-0.2, -0.15) is 0 Å². The molecule has 0 saturated carbocycles. The van der Waals surface area contributed by atoms with E-state index in [-0.39, 0.29) is 23.1 Å². The lowest BCUT2D eigenvalue weighted by Crippen LogP contribution is -2.16. The molecule has 4 rings (SSSR count). The minimum atomic E-state index is -0.534. The summed E-state index contributed by atoms with van der Waals surface area (Å²) in [4.78, 5) is 36.1. The van der Waals surface area contributed by atoms with Crippen molar-refractivity contribution in [1.82, 2.24) is 0 Å². The van der Waals surface area contributed by atoms with Crippen molar-refractivity contribution in [3.8, 4) is 22.5 Å². The SMILES string of the molecule is CC(C)OC(=O)c1c(-c2ccccc2)csc1NC(=O)c1ccc(-c2ccc([N+](=O)[O-])cc2)o1. The molecule has 0 bridgehead atoms. The Bertz CT molecular complexity index is 1340. The molecule has 0 spiro atoms. The Morgan fingerprint density at radius 3 is 2.35 bits per heavy atom. The quantitative estimate of drug-likeness (QED) is 0.188. The number of hydrogen-bond acceptors (Lipinski definition) is 7. The minimum Gasteiger partial charge on any atom is -0.459 e. The van der Waals surface area contributed by atoms with E-state index >= 15 is 0 Å². The first-order chi connectivity index (χ1) is 16.3. The molecule has 2 aromatic heterocycles. The van der Waals surface area contributed by atoms with E-state index in [9.17, 15) is 19.7 Å². The van der Waals surface area contributed by atoms with Crippen molar-refractivity contribution < 1.29 is 23.7 Å². The second-order valence-electron chi connectivity index (χ2n) is 7.60. The lowest BCUT2D eigenvalue weighted by atomic mass is 10.0. The van der Waals surface area contributed by atoms with Crippen LogP contribution in [0.5, 0.6) is 0 Å². The van der Waals surface area contributed by atoms with E-state index in [2.05, 4.69) is 5.32 Å². The summed E-state index contributed by atoms with van der Waals surface area (Å²) in [6.07, 6.45) is -0.325. The normalized spacial score (nSPS) is 10.8. The summed E-state index contributed by atoms with van der Waals surface area (Å²) in [6, 6.07) is 18.3. The highest BCUT2D eigenvalue weighted by Crippen LogP contribution is 2.37. The Hall–Kier alpha value is -4.24. The third-order valence-corrected chi connectivity index (χ3v) is 5.74. The van der Waals surface area contributed by atoms with Crippen molar-refractivity contribution in [2.24, 2.45) is 0 Å². The zero-order chi connectivity index (χ0) is 24.2. The number of hydrogen-bond donors (Lipinski definition) is 1. The number of anilines is 1. The van der Waals surface area contributed by atoms with Gasteiger partial charge in [-0.3, -0.25) is 14.9 Å². The molecular formula is C25H20N2O6S. The van der Waals surface area contributed by atoms with Gasteiger partial charge in [0.2, 0.25) is 0 Å². The van der Waals surface area contributed by atoms with Gasteiger partial charge in [0.25, 0.3) is 11.6 Å². The van der Waals surface area contributed by atoms with E-state index in [1.807, 2.05) is 30.3 Å². The number of nitro benzene ring substituents is 1.